The number of amides is 3. The molecule has 0 spiro atoms. The second-order valence-electron chi connectivity index (χ2n) is 6.62. The van der Waals surface area contributed by atoms with Gasteiger partial charge in [0.2, 0.25) is 11.8 Å². The molecule has 1 aromatic carbocycles. The zero-order valence-corrected chi connectivity index (χ0v) is 17.4. The van der Waals surface area contributed by atoms with E-state index in [2.05, 4.69) is 10.3 Å². The van der Waals surface area contributed by atoms with Gasteiger partial charge < -0.3 is 20.3 Å². The topological polar surface area (TPSA) is 163 Å². The minimum atomic E-state index is -1.37. The lowest BCUT2D eigenvalue weighted by atomic mass is 10.2. The minimum absolute atomic E-state index is 0.0154. The number of esters is 1. The van der Waals surface area contributed by atoms with Crippen LogP contribution in [-0.2, 0) is 19.1 Å². The number of benzene rings is 1. The summed E-state index contributed by atoms with van der Waals surface area (Å²) in [7, 11) is 1.38. The van der Waals surface area contributed by atoms with Crippen LogP contribution in [0.4, 0.5) is 5.69 Å². The summed E-state index contributed by atoms with van der Waals surface area (Å²) in [5.74, 6) is -4.16. The Hall–Kier alpha value is -3.93. The predicted octanol–water partition coefficient (Wildman–Crippen LogP) is 1.13. The molecule has 1 atom stereocenters. The fourth-order valence-electron chi connectivity index (χ4n) is 2.78. The molecule has 2 heterocycles. The molecule has 1 aromatic heterocycles. The lowest BCUT2D eigenvalue weighted by Crippen LogP contribution is -2.26. The van der Waals surface area contributed by atoms with Gasteiger partial charge in [0.05, 0.1) is 10.8 Å². The Labute approximate surface area is 185 Å². The van der Waals surface area contributed by atoms with Crippen molar-refractivity contribution in [1.29, 1.82) is 0 Å². The van der Waals surface area contributed by atoms with Gasteiger partial charge in [0.1, 0.15) is 16.3 Å². The maximum atomic E-state index is 12.5. The van der Waals surface area contributed by atoms with Crippen LogP contribution in [0.15, 0.2) is 41.6 Å². The first kappa shape index (κ1) is 22.7. The van der Waals surface area contributed by atoms with E-state index in [1.54, 1.807) is 0 Å². The van der Waals surface area contributed by atoms with Crippen molar-refractivity contribution in [3.05, 3.63) is 47.7 Å². The third kappa shape index (κ3) is 5.03. The van der Waals surface area contributed by atoms with Crippen molar-refractivity contribution in [1.82, 2.24) is 9.88 Å². The minimum Gasteiger partial charge on any atom is -0.507 e. The molecule has 0 radical (unpaired) electrons. The number of likely N-dealkylation sites (tertiary alicyclic amines) is 1. The number of hydrogen-bond acceptors (Lipinski definition) is 9. The number of aromatic carboxylic acids is 1. The Balaban J connectivity index is 1.63. The zero-order chi connectivity index (χ0) is 23.4. The molecule has 1 fully saturated rings. The molecule has 32 heavy (non-hydrogen) atoms. The molecule has 11 nitrogen and oxygen atoms in total. The average Bonchev–Trinajstić information content (AvgIpc) is 3.00. The van der Waals surface area contributed by atoms with Crippen LogP contribution in [0.5, 0.6) is 5.75 Å². The van der Waals surface area contributed by atoms with Gasteiger partial charge in [0.15, 0.2) is 6.61 Å². The van der Waals surface area contributed by atoms with Crippen LogP contribution in [0.25, 0.3) is 0 Å². The van der Waals surface area contributed by atoms with E-state index in [0.29, 0.717) is 0 Å². The smallest absolute Gasteiger partial charge is 0.341 e. The second kappa shape index (κ2) is 9.47. The van der Waals surface area contributed by atoms with Crippen LogP contribution in [0.2, 0.25) is 0 Å². The van der Waals surface area contributed by atoms with Crippen LogP contribution < -0.4 is 5.32 Å². The Morgan fingerprint density at radius 3 is 2.66 bits per heavy atom. The molecule has 3 rings (SSSR count). The second-order valence-corrected chi connectivity index (χ2v) is 7.81. The molecule has 1 aliphatic rings. The lowest BCUT2D eigenvalue weighted by molar-refractivity contribution is -0.136. The van der Waals surface area contributed by atoms with Crippen LogP contribution in [-0.4, -0.2) is 68.7 Å². The van der Waals surface area contributed by atoms with Crippen LogP contribution >= 0.6 is 11.8 Å². The van der Waals surface area contributed by atoms with Crippen LogP contribution in [0.1, 0.15) is 27.1 Å². The van der Waals surface area contributed by atoms with Crippen molar-refractivity contribution in [3.63, 3.8) is 0 Å². The van der Waals surface area contributed by atoms with Gasteiger partial charge in [-0.05, 0) is 30.3 Å². The monoisotopic (exact) mass is 459 g/mol. The van der Waals surface area contributed by atoms with Crippen molar-refractivity contribution < 1.29 is 38.9 Å². The Bertz CT molecular complexity index is 1120. The predicted molar refractivity (Wildman–Crippen MR) is 110 cm³/mol. The number of thioether (sulfide) groups is 1. The number of hydrogen-bond donors (Lipinski definition) is 3. The molecule has 0 bridgehead atoms. The van der Waals surface area contributed by atoms with Crippen molar-refractivity contribution >= 4 is 47.1 Å². The summed E-state index contributed by atoms with van der Waals surface area (Å²) in [6.07, 6.45) is 1.40. The number of carboxylic acids is 1. The number of phenols is 1. The average molecular weight is 459 g/mol. The largest absolute Gasteiger partial charge is 0.507 e. The highest BCUT2D eigenvalue weighted by atomic mass is 32.2. The summed E-state index contributed by atoms with van der Waals surface area (Å²) >= 11 is 0.960. The summed E-state index contributed by atoms with van der Waals surface area (Å²) < 4.78 is 5.01. The van der Waals surface area contributed by atoms with Crippen molar-refractivity contribution in [2.24, 2.45) is 0 Å². The normalized spacial score (nSPS) is 15.5. The van der Waals surface area contributed by atoms with E-state index in [1.165, 1.54) is 31.4 Å². The molecular formula is C20H17N3O8S. The number of imide groups is 1. The fraction of sp³-hybridized carbons (Fsp3) is 0.200. The highest BCUT2D eigenvalue weighted by Gasteiger charge is 2.37. The van der Waals surface area contributed by atoms with E-state index in [9.17, 15) is 29.1 Å². The van der Waals surface area contributed by atoms with Gasteiger partial charge in [0.25, 0.3) is 5.91 Å². The summed E-state index contributed by atoms with van der Waals surface area (Å²) in [5, 5.41) is 20.3. The van der Waals surface area contributed by atoms with Gasteiger partial charge >= 0.3 is 11.9 Å². The molecule has 1 saturated heterocycles. The number of carbonyl (C=O) groups excluding carboxylic acids is 4. The number of aromatic hydroxyl groups is 1. The van der Waals surface area contributed by atoms with Crippen LogP contribution in [0, 0.1) is 0 Å². The zero-order valence-electron chi connectivity index (χ0n) is 16.6. The number of aromatic nitrogens is 1. The highest BCUT2D eigenvalue weighted by molar-refractivity contribution is 8.00. The summed E-state index contributed by atoms with van der Waals surface area (Å²) in [6.45, 7) is -0.676. The molecule has 3 N–H and O–H groups in total. The number of rotatable bonds is 7. The molecule has 2 aromatic rings. The first-order valence-electron chi connectivity index (χ1n) is 9.12. The Morgan fingerprint density at radius 1 is 1.25 bits per heavy atom. The Kier molecular flexibility index (Phi) is 6.73. The molecular weight excluding hydrogens is 442 g/mol. The number of nitrogens with zero attached hydrogens (tertiary/aromatic N) is 2. The van der Waals surface area contributed by atoms with E-state index >= 15 is 0 Å². The molecule has 166 valence electrons. The highest BCUT2D eigenvalue weighted by Crippen LogP contribution is 2.31. The van der Waals surface area contributed by atoms with Crippen molar-refractivity contribution in [2.45, 2.75) is 16.7 Å². The number of pyridine rings is 1. The Morgan fingerprint density at radius 2 is 2.00 bits per heavy atom. The van der Waals surface area contributed by atoms with E-state index in [0.717, 1.165) is 28.8 Å². The maximum Gasteiger partial charge on any atom is 0.341 e. The van der Waals surface area contributed by atoms with Gasteiger partial charge in [0, 0.05) is 25.4 Å². The number of ether oxygens (including phenoxy) is 1. The first-order chi connectivity index (χ1) is 15.2. The number of carboxylic acid groups (broad SMARTS) is 1. The molecule has 1 aliphatic heterocycles. The summed E-state index contributed by atoms with van der Waals surface area (Å²) in [6, 6.07) is 6.35. The molecule has 0 aliphatic carbocycles. The molecule has 12 heteroatoms. The molecule has 3 amide bonds. The molecule has 1 unspecified atom stereocenters. The maximum absolute atomic E-state index is 12.5. The number of carbonyl (C=O) groups is 5. The van der Waals surface area contributed by atoms with Gasteiger partial charge in [-0.1, -0.05) is 11.8 Å². The molecule has 0 saturated carbocycles. The standard InChI is InChI=1S/C20H17N3O8S/c1-23-16(26)8-14(18(23)27)32-17-11(3-2-6-21-17)20(30)31-9-15(25)22-10-4-5-13(24)12(7-10)19(28)29/h2-7,14,24H,8-9H2,1H3,(H,22,25)(H,28,29). The van der Waals surface area contributed by atoms with Gasteiger partial charge in [-0.25, -0.2) is 14.6 Å². The number of nitrogens with one attached hydrogen (secondary N) is 1. The van der Waals surface area contributed by atoms with E-state index < -0.39 is 41.0 Å². The van der Waals surface area contributed by atoms with E-state index in [-0.39, 0.29) is 34.5 Å². The fourth-order valence-corrected chi connectivity index (χ4v) is 3.93. The SMILES string of the molecule is CN1C(=O)CC(Sc2ncccc2C(=O)OCC(=O)Nc2ccc(O)c(C(=O)O)c2)C1=O. The van der Waals surface area contributed by atoms with Gasteiger partial charge in [-0.3, -0.25) is 19.3 Å². The van der Waals surface area contributed by atoms with Gasteiger partial charge in [-0.15, -0.1) is 0 Å². The quantitative estimate of drug-likeness (QED) is 0.311. The third-order valence-corrected chi connectivity index (χ3v) is 5.63. The summed E-state index contributed by atoms with van der Waals surface area (Å²) in [4.78, 5) is 64.5. The van der Waals surface area contributed by atoms with Crippen molar-refractivity contribution in [3.8, 4) is 5.75 Å². The van der Waals surface area contributed by atoms with Crippen LogP contribution in [0.3, 0.4) is 0 Å². The van der Waals surface area contributed by atoms with E-state index in [1.807, 2.05) is 0 Å². The third-order valence-electron chi connectivity index (χ3n) is 4.43. The van der Waals surface area contributed by atoms with E-state index in [4.69, 9.17) is 9.84 Å². The van der Waals surface area contributed by atoms with Crippen molar-refractivity contribution in [2.75, 3.05) is 19.0 Å². The first-order valence-corrected chi connectivity index (χ1v) is 10.0. The number of anilines is 1. The van der Waals surface area contributed by atoms with Gasteiger partial charge in [-0.2, -0.15) is 0 Å². The summed E-state index contributed by atoms with van der Waals surface area (Å²) in [5.41, 5.74) is -0.285. The lowest BCUT2D eigenvalue weighted by Gasteiger charge is -2.11.